The van der Waals surface area contributed by atoms with E-state index in [1.54, 1.807) is 6.92 Å². The molecular formula is C13H30ClN3O. The summed E-state index contributed by atoms with van der Waals surface area (Å²) in [6.07, 6.45) is 0. The smallest absolute Gasteiger partial charge is 0.239 e. The van der Waals surface area contributed by atoms with Crippen molar-refractivity contribution in [1.29, 1.82) is 0 Å². The third-order valence-corrected chi connectivity index (χ3v) is 2.87. The van der Waals surface area contributed by atoms with Crippen molar-refractivity contribution >= 4 is 18.3 Å². The number of nitrogens with two attached hydrogens (primary N) is 1. The van der Waals surface area contributed by atoms with Crippen molar-refractivity contribution in [2.24, 2.45) is 11.7 Å². The molecule has 1 unspecified atom stereocenters. The summed E-state index contributed by atoms with van der Waals surface area (Å²) in [7, 11) is 0. The normalized spacial score (nSPS) is 12.4. The van der Waals surface area contributed by atoms with E-state index in [0.29, 0.717) is 5.92 Å². The van der Waals surface area contributed by atoms with Gasteiger partial charge in [0.25, 0.3) is 0 Å². The molecule has 0 saturated carbocycles. The molecule has 4 nitrogen and oxygen atoms in total. The Morgan fingerprint density at radius 2 is 1.61 bits per heavy atom. The molecule has 1 amide bonds. The highest BCUT2D eigenvalue weighted by molar-refractivity contribution is 5.85. The summed E-state index contributed by atoms with van der Waals surface area (Å²) < 4.78 is 0. The molecule has 0 aliphatic heterocycles. The van der Waals surface area contributed by atoms with Crippen LogP contribution in [0.3, 0.4) is 0 Å². The maximum atomic E-state index is 12.0. The summed E-state index contributed by atoms with van der Waals surface area (Å²) >= 11 is 0. The lowest BCUT2D eigenvalue weighted by atomic mass is 10.2. The van der Waals surface area contributed by atoms with E-state index in [-0.39, 0.29) is 18.3 Å². The molecule has 110 valence electrons. The molecule has 0 aromatic heterocycles. The summed E-state index contributed by atoms with van der Waals surface area (Å²) in [6.45, 7) is 14.8. The van der Waals surface area contributed by atoms with E-state index in [2.05, 4.69) is 32.6 Å². The van der Waals surface area contributed by atoms with Crippen LogP contribution in [0.25, 0.3) is 0 Å². The third kappa shape index (κ3) is 7.90. The molecule has 0 heterocycles. The zero-order chi connectivity index (χ0) is 13.4. The number of carbonyl (C=O) groups excluding carboxylic acids is 1. The van der Waals surface area contributed by atoms with Crippen LogP contribution >= 0.6 is 12.4 Å². The maximum Gasteiger partial charge on any atom is 0.239 e. The minimum atomic E-state index is -0.398. The van der Waals surface area contributed by atoms with E-state index in [1.165, 1.54) is 0 Å². The third-order valence-electron chi connectivity index (χ3n) is 2.87. The molecule has 0 bridgehead atoms. The van der Waals surface area contributed by atoms with Gasteiger partial charge < -0.3 is 15.5 Å². The van der Waals surface area contributed by atoms with Gasteiger partial charge in [0.1, 0.15) is 0 Å². The van der Waals surface area contributed by atoms with Crippen molar-refractivity contribution in [3.63, 3.8) is 0 Å². The van der Waals surface area contributed by atoms with Crippen LogP contribution in [0, 0.1) is 5.92 Å². The van der Waals surface area contributed by atoms with Crippen LogP contribution in [-0.4, -0.2) is 54.5 Å². The van der Waals surface area contributed by atoms with E-state index in [9.17, 15) is 4.79 Å². The molecule has 0 spiro atoms. The van der Waals surface area contributed by atoms with Crippen LogP contribution in [0.2, 0.25) is 0 Å². The average Bonchev–Trinajstić information content (AvgIpc) is 2.27. The molecule has 18 heavy (non-hydrogen) atoms. The van der Waals surface area contributed by atoms with E-state index in [4.69, 9.17) is 5.73 Å². The first kappa shape index (κ1) is 20.0. The van der Waals surface area contributed by atoms with Crippen LogP contribution in [0.1, 0.15) is 34.6 Å². The van der Waals surface area contributed by atoms with Crippen molar-refractivity contribution in [3.05, 3.63) is 0 Å². The first-order valence-corrected chi connectivity index (χ1v) is 6.69. The first-order chi connectivity index (χ1) is 7.92. The molecule has 0 fully saturated rings. The molecule has 2 N–H and O–H groups in total. The summed E-state index contributed by atoms with van der Waals surface area (Å²) in [6, 6.07) is -0.398. The summed E-state index contributed by atoms with van der Waals surface area (Å²) in [5.41, 5.74) is 5.68. The topological polar surface area (TPSA) is 49.6 Å². The molecular weight excluding hydrogens is 250 g/mol. The first-order valence-electron chi connectivity index (χ1n) is 6.69. The van der Waals surface area contributed by atoms with Crippen LogP contribution in [0.5, 0.6) is 0 Å². The number of halogens is 1. The van der Waals surface area contributed by atoms with Gasteiger partial charge in [-0.1, -0.05) is 27.7 Å². The summed E-state index contributed by atoms with van der Waals surface area (Å²) in [5, 5.41) is 0. The molecule has 0 aliphatic carbocycles. The van der Waals surface area contributed by atoms with Crippen molar-refractivity contribution in [3.8, 4) is 0 Å². The Morgan fingerprint density at radius 3 is 1.94 bits per heavy atom. The molecule has 0 rings (SSSR count). The van der Waals surface area contributed by atoms with Crippen LogP contribution in [-0.2, 0) is 4.79 Å². The molecule has 0 aromatic carbocycles. The van der Waals surface area contributed by atoms with Crippen LogP contribution in [0.15, 0.2) is 0 Å². The lowest BCUT2D eigenvalue weighted by molar-refractivity contribution is -0.133. The SMILES string of the molecule is CCN(CC)CCN(CC(C)C)C(=O)C(C)N.Cl. The van der Waals surface area contributed by atoms with Gasteiger partial charge in [-0.25, -0.2) is 0 Å². The summed E-state index contributed by atoms with van der Waals surface area (Å²) in [5.74, 6) is 0.542. The van der Waals surface area contributed by atoms with Crippen molar-refractivity contribution < 1.29 is 4.79 Å². The Labute approximate surface area is 118 Å². The van der Waals surface area contributed by atoms with Gasteiger partial charge in [-0.05, 0) is 25.9 Å². The average molecular weight is 280 g/mol. The van der Waals surface area contributed by atoms with Gasteiger partial charge in [0.2, 0.25) is 5.91 Å². The number of hydrogen-bond donors (Lipinski definition) is 1. The molecule has 0 aromatic rings. The van der Waals surface area contributed by atoms with Gasteiger partial charge in [0, 0.05) is 19.6 Å². The second-order valence-electron chi connectivity index (χ2n) is 4.99. The minimum absolute atomic E-state index is 0. The number of rotatable bonds is 8. The van der Waals surface area contributed by atoms with Crippen molar-refractivity contribution in [2.75, 3.05) is 32.7 Å². The Kier molecular flexibility index (Phi) is 11.8. The quantitative estimate of drug-likeness (QED) is 0.734. The monoisotopic (exact) mass is 279 g/mol. The maximum absolute atomic E-state index is 12.0. The minimum Gasteiger partial charge on any atom is -0.340 e. The molecule has 0 saturated heterocycles. The fraction of sp³-hybridized carbons (Fsp3) is 0.923. The van der Waals surface area contributed by atoms with Crippen LogP contribution < -0.4 is 5.73 Å². The number of hydrogen-bond acceptors (Lipinski definition) is 3. The Hall–Kier alpha value is -0.320. The number of amides is 1. The number of nitrogens with zero attached hydrogens (tertiary/aromatic N) is 2. The highest BCUT2D eigenvalue weighted by Crippen LogP contribution is 2.02. The van der Waals surface area contributed by atoms with E-state index < -0.39 is 6.04 Å². The van der Waals surface area contributed by atoms with Crippen molar-refractivity contribution in [2.45, 2.75) is 40.7 Å². The zero-order valence-electron chi connectivity index (χ0n) is 12.5. The van der Waals surface area contributed by atoms with Gasteiger partial charge in [-0.2, -0.15) is 0 Å². The Bertz CT molecular complexity index is 218. The van der Waals surface area contributed by atoms with Gasteiger partial charge in [0.15, 0.2) is 0 Å². The van der Waals surface area contributed by atoms with Gasteiger partial charge in [-0.15, -0.1) is 12.4 Å². The van der Waals surface area contributed by atoms with E-state index in [1.807, 2.05) is 4.90 Å². The van der Waals surface area contributed by atoms with E-state index >= 15 is 0 Å². The second kappa shape index (κ2) is 10.6. The lowest BCUT2D eigenvalue weighted by Gasteiger charge is -2.29. The Balaban J connectivity index is 0. The highest BCUT2D eigenvalue weighted by atomic mass is 35.5. The molecule has 5 heteroatoms. The predicted octanol–water partition coefficient (Wildman–Crippen LogP) is 1.58. The van der Waals surface area contributed by atoms with Crippen LogP contribution in [0.4, 0.5) is 0 Å². The van der Waals surface area contributed by atoms with E-state index in [0.717, 1.165) is 32.7 Å². The molecule has 1 atom stereocenters. The second-order valence-corrected chi connectivity index (χ2v) is 4.99. The standard InChI is InChI=1S/C13H29N3O.ClH/c1-6-15(7-2)8-9-16(10-11(3)4)13(17)12(5)14;/h11-12H,6-10,14H2,1-5H3;1H. The molecule has 0 aliphatic rings. The van der Waals surface area contributed by atoms with Crippen molar-refractivity contribution in [1.82, 2.24) is 9.80 Å². The zero-order valence-corrected chi connectivity index (χ0v) is 13.3. The largest absolute Gasteiger partial charge is 0.340 e. The fourth-order valence-corrected chi connectivity index (χ4v) is 1.82. The Morgan fingerprint density at radius 1 is 1.11 bits per heavy atom. The number of carbonyl (C=O) groups is 1. The van der Waals surface area contributed by atoms with Gasteiger partial charge in [-0.3, -0.25) is 4.79 Å². The fourth-order valence-electron chi connectivity index (χ4n) is 1.82. The molecule has 0 radical (unpaired) electrons. The van der Waals surface area contributed by atoms with Gasteiger partial charge >= 0.3 is 0 Å². The predicted molar refractivity (Wildman–Crippen MR) is 80.1 cm³/mol. The highest BCUT2D eigenvalue weighted by Gasteiger charge is 2.18. The lowest BCUT2D eigenvalue weighted by Crippen LogP contribution is -2.46. The number of likely N-dealkylation sites (N-methyl/N-ethyl adjacent to an activating group) is 1. The van der Waals surface area contributed by atoms with Gasteiger partial charge in [0.05, 0.1) is 6.04 Å². The summed E-state index contributed by atoms with van der Waals surface area (Å²) in [4.78, 5) is 16.2.